The first-order chi connectivity index (χ1) is 15.3. The molecule has 2 heteroatoms. The first-order valence-corrected chi connectivity index (χ1v) is 14.6. The van der Waals surface area contributed by atoms with E-state index in [9.17, 15) is 0 Å². The molecule has 0 aromatic rings. The van der Waals surface area contributed by atoms with Gasteiger partial charge in [0.25, 0.3) is 0 Å². The number of nitrogens with two attached hydrogens (primary N) is 1. The van der Waals surface area contributed by atoms with Crippen LogP contribution in [0.4, 0.5) is 0 Å². The molecule has 2 nitrogen and oxygen atoms in total. The number of fused-ring (bicyclic) bond motifs is 5. The molecule has 0 aromatic heterocycles. The summed E-state index contributed by atoms with van der Waals surface area (Å²) in [4.78, 5) is 0. The van der Waals surface area contributed by atoms with Gasteiger partial charge in [-0.3, -0.25) is 0 Å². The number of hydrogen-bond donors (Lipinski definition) is 1. The molecule has 4 aliphatic rings. The summed E-state index contributed by atoms with van der Waals surface area (Å²) in [5.74, 6) is 6.68. The second kappa shape index (κ2) is 10.3. The van der Waals surface area contributed by atoms with E-state index in [0.717, 1.165) is 61.0 Å². The van der Waals surface area contributed by atoms with Crippen molar-refractivity contribution in [2.24, 2.45) is 58.0 Å². The lowest BCUT2D eigenvalue weighted by Crippen LogP contribution is -2.54. The van der Waals surface area contributed by atoms with Crippen LogP contribution in [-0.4, -0.2) is 19.3 Å². The van der Waals surface area contributed by atoms with Gasteiger partial charge >= 0.3 is 0 Å². The van der Waals surface area contributed by atoms with Gasteiger partial charge in [-0.25, -0.2) is 0 Å². The maximum absolute atomic E-state index is 6.25. The zero-order valence-corrected chi connectivity index (χ0v) is 22.2. The van der Waals surface area contributed by atoms with Crippen molar-refractivity contribution < 1.29 is 4.74 Å². The van der Waals surface area contributed by atoms with E-state index in [1.165, 1.54) is 77.0 Å². The number of ether oxygens (including phenoxy) is 1. The maximum Gasteiger partial charge on any atom is 0.0578 e. The molecule has 32 heavy (non-hydrogen) atoms. The van der Waals surface area contributed by atoms with Crippen LogP contribution in [0.25, 0.3) is 0 Å². The molecule has 0 spiro atoms. The van der Waals surface area contributed by atoms with E-state index < -0.39 is 0 Å². The molecule has 2 N–H and O–H groups in total. The van der Waals surface area contributed by atoms with Gasteiger partial charge in [0, 0.05) is 6.61 Å². The third-order valence-electron chi connectivity index (χ3n) is 11.5. The Hall–Kier alpha value is -0.0800. The second-order valence-electron chi connectivity index (χ2n) is 13.6. The summed E-state index contributed by atoms with van der Waals surface area (Å²) in [6.07, 6.45) is 18.9. The van der Waals surface area contributed by atoms with E-state index in [1.54, 1.807) is 0 Å². The monoisotopic (exact) mass is 445 g/mol. The van der Waals surface area contributed by atoms with Gasteiger partial charge < -0.3 is 10.5 Å². The van der Waals surface area contributed by atoms with Crippen LogP contribution < -0.4 is 5.73 Å². The van der Waals surface area contributed by atoms with Crippen molar-refractivity contribution in [1.29, 1.82) is 0 Å². The Morgan fingerprint density at radius 2 is 1.59 bits per heavy atom. The Bertz CT molecular complexity index is 604. The van der Waals surface area contributed by atoms with Crippen LogP contribution >= 0.6 is 0 Å². The standard InChI is InChI=1S/C30H55NO/c1-21(2)8-6-9-22(3)26-12-13-27-25-11-10-23-20-24(32-19-7-18-31)14-16-29(23,4)28(25)15-17-30(26,27)5/h21-28H,6-20,31H2,1-5H3/t22-,23+,24?,25+,26-,27+,28+,29+,30-/m1/s1. The van der Waals surface area contributed by atoms with Gasteiger partial charge in [-0.2, -0.15) is 0 Å². The highest BCUT2D eigenvalue weighted by Crippen LogP contribution is 2.68. The average molecular weight is 446 g/mol. The molecule has 0 saturated heterocycles. The molecule has 0 aliphatic heterocycles. The molecule has 1 unspecified atom stereocenters. The Kier molecular flexibility index (Phi) is 8.03. The third-order valence-corrected chi connectivity index (χ3v) is 11.5. The van der Waals surface area contributed by atoms with Crippen molar-refractivity contribution in [3.63, 3.8) is 0 Å². The highest BCUT2D eigenvalue weighted by atomic mass is 16.5. The molecule has 4 rings (SSSR count). The quantitative estimate of drug-likeness (QED) is 0.367. The topological polar surface area (TPSA) is 35.2 Å². The van der Waals surface area contributed by atoms with E-state index in [2.05, 4.69) is 34.6 Å². The van der Waals surface area contributed by atoms with Gasteiger partial charge in [0.05, 0.1) is 6.10 Å². The predicted octanol–water partition coefficient (Wildman–Crippen LogP) is 7.84. The lowest BCUT2D eigenvalue weighted by Gasteiger charge is -2.61. The lowest BCUT2D eigenvalue weighted by molar-refractivity contribution is -0.136. The molecule has 0 aromatic carbocycles. The van der Waals surface area contributed by atoms with Crippen molar-refractivity contribution in [1.82, 2.24) is 0 Å². The van der Waals surface area contributed by atoms with Crippen molar-refractivity contribution in [2.75, 3.05) is 13.2 Å². The fraction of sp³-hybridized carbons (Fsp3) is 1.00. The van der Waals surface area contributed by atoms with Gasteiger partial charge in [0.2, 0.25) is 0 Å². The summed E-state index contributed by atoms with van der Waals surface area (Å²) in [6, 6.07) is 0. The number of rotatable bonds is 9. The summed E-state index contributed by atoms with van der Waals surface area (Å²) in [5, 5.41) is 0. The molecular formula is C30H55NO. The minimum atomic E-state index is 0.507. The smallest absolute Gasteiger partial charge is 0.0578 e. The molecule has 4 fully saturated rings. The van der Waals surface area contributed by atoms with Crippen LogP contribution in [0.1, 0.15) is 118 Å². The Labute approximate surface area is 200 Å². The van der Waals surface area contributed by atoms with Gasteiger partial charge in [0.1, 0.15) is 0 Å². The van der Waals surface area contributed by atoms with Crippen LogP contribution in [0.2, 0.25) is 0 Å². The molecule has 0 amide bonds. The van der Waals surface area contributed by atoms with Crippen molar-refractivity contribution in [2.45, 2.75) is 124 Å². The highest BCUT2D eigenvalue weighted by Gasteiger charge is 2.60. The minimum Gasteiger partial charge on any atom is -0.378 e. The molecule has 4 aliphatic carbocycles. The Morgan fingerprint density at radius 3 is 2.34 bits per heavy atom. The van der Waals surface area contributed by atoms with Crippen molar-refractivity contribution in [3.8, 4) is 0 Å². The second-order valence-corrected chi connectivity index (χ2v) is 13.6. The molecule has 186 valence electrons. The van der Waals surface area contributed by atoms with Gasteiger partial charge in [-0.15, -0.1) is 0 Å². The van der Waals surface area contributed by atoms with Gasteiger partial charge in [0.15, 0.2) is 0 Å². The van der Waals surface area contributed by atoms with E-state index in [-0.39, 0.29) is 0 Å². The van der Waals surface area contributed by atoms with Crippen LogP contribution in [0.15, 0.2) is 0 Å². The van der Waals surface area contributed by atoms with Crippen LogP contribution in [0.5, 0.6) is 0 Å². The van der Waals surface area contributed by atoms with Crippen LogP contribution in [-0.2, 0) is 4.74 Å². The Balaban J connectivity index is 1.39. The first-order valence-electron chi connectivity index (χ1n) is 14.6. The van der Waals surface area contributed by atoms with Gasteiger partial charge in [-0.1, -0.05) is 53.9 Å². The molecule has 0 heterocycles. The summed E-state index contributed by atoms with van der Waals surface area (Å²) >= 11 is 0. The summed E-state index contributed by atoms with van der Waals surface area (Å²) in [7, 11) is 0. The average Bonchev–Trinajstić information content (AvgIpc) is 3.11. The lowest BCUT2D eigenvalue weighted by atomic mass is 9.44. The molecular weight excluding hydrogens is 390 g/mol. The SMILES string of the molecule is CC(C)CCC[C@@H](C)[C@H]1CC[C@H]2[C@@H]3CC[C@H]4CC(OCCCN)CC[C@]4(C)[C@H]3CC[C@]12C. The maximum atomic E-state index is 6.25. The minimum absolute atomic E-state index is 0.507. The van der Waals surface area contributed by atoms with Crippen LogP contribution in [0, 0.1) is 52.3 Å². The summed E-state index contributed by atoms with van der Waals surface area (Å²) < 4.78 is 6.25. The third kappa shape index (κ3) is 4.71. The van der Waals surface area contributed by atoms with E-state index in [0.29, 0.717) is 16.9 Å². The Morgan fingerprint density at radius 1 is 0.844 bits per heavy atom. The van der Waals surface area contributed by atoms with Crippen molar-refractivity contribution in [3.05, 3.63) is 0 Å². The fourth-order valence-electron chi connectivity index (χ4n) is 9.73. The van der Waals surface area contributed by atoms with Crippen molar-refractivity contribution >= 4 is 0 Å². The highest BCUT2D eigenvalue weighted by molar-refractivity contribution is 5.09. The number of hydrogen-bond acceptors (Lipinski definition) is 2. The fourth-order valence-corrected chi connectivity index (χ4v) is 9.73. The predicted molar refractivity (Wildman–Crippen MR) is 136 cm³/mol. The van der Waals surface area contributed by atoms with E-state index >= 15 is 0 Å². The van der Waals surface area contributed by atoms with Gasteiger partial charge in [-0.05, 0) is 123 Å². The normalized spacial score (nSPS) is 44.7. The molecule has 0 bridgehead atoms. The first kappa shape index (κ1) is 25.0. The molecule has 0 radical (unpaired) electrons. The van der Waals surface area contributed by atoms with Crippen LogP contribution in [0.3, 0.4) is 0 Å². The zero-order valence-electron chi connectivity index (χ0n) is 22.2. The van der Waals surface area contributed by atoms with E-state index in [4.69, 9.17) is 10.5 Å². The zero-order chi connectivity index (χ0) is 22.9. The van der Waals surface area contributed by atoms with E-state index in [1.807, 2.05) is 0 Å². The molecule has 9 atom stereocenters. The summed E-state index contributed by atoms with van der Waals surface area (Å²) in [5.41, 5.74) is 6.89. The summed E-state index contributed by atoms with van der Waals surface area (Å²) in [6.45, 7) is 14.4. The molecule has 4 saturated carbocycles. The largest absolute Gasteiger partial charge is 0.378 e.